The number of aryl methyl sites for hydroxylation is 1. The van der Waals surface area contributed by atoms with Crippen molar-refractivity contribution < 1.29 is 13.2 Å². The van der Waals surface area contributed by atoms with E-state index in [-0.39, 0.29) is 5.69 Å². The Kier molecular flexibility index (Phi) is 5.23. The SMILES string of the molecule is CCNCC1CCN2CCCc3cc(Nc4ccccc4C(F)(F)F)cc1c32. The molecule has 0 bridgehead atoms. The minimum atomic E-state index is -4.38. The Labute approximate surface area is 163 Å². The zero-order chi connectivity index (χ0) is 19.7. The van der Waals surface area contributed by atoms with Crippen LogP contribution in [-0.4, -0.2) is 26.2 Å². The summed E-state index contributed by atoms with van der Waals surface area (Å²) in [5.74, 6) is 0.391. The van der Waals surface area contributed by atoms with E-state index in [2.05, 4.69) is 28.5 Å². The predicted octanol–water partition coefficient (Wildman–Crippen LogP) is 5.30. The summed E-state index contributed by atoms with van der Waals surface area (Å²) in [5.41, 5.74) is 4.04. The van der Waals surface area contributed by atoms with Crippen LogP contribution in [0, 0.1) is 0 Å². The molecule has 0 fully saturated rings. The topological polar surface area (TPSA) is 27.3 Å². The Morgan fingerprint density at radius 2 is 1.96 bits per heavy atom. The molecular formula is C22H26F3N3. The lowest BCUT2D eigenvalue weighted by Gasteiger charge is -2.40. The number of nitrogens with one attached hydrogen (secondary N) is 2. The molecule has 6 heteroatoms. The molecular weight excluding hydrogens is 363 g/mol. The molecule has 0 amide bonds. The molecule has 1 atom stereocenters. The van der Waals surface area contributed by atoms with Crippen LogP contribution < -0.4 is 15.5 Å². The van der Waals surface area contributed by atoms with Crippen molar-refractivity contribution in [2.45, 2.75) is 38.3 Å². The molecule has 2 N–H and O–H groups in total. The molecule has 2 aliphatic heterocycles. The molecule has 0 saturated heterocycles. The first-order valence-electron chi connectivity index (χ1n) is 10.0. The average Bonchev–Trinajstić information content (AvgIpc) is 2.67. The van der Waals surface area contributed by atoms with Gasteiger partial charge in [-0.1, -0.05) is 19.1 Å². The van der Waals surface area contributed by atoms with Gasteiger partial charge in [-0.2, -0.15) is 13.2 Å². The molecule has 0 aromatic heterocycles. The molecule has 1 unspecified atom stereocenters. The van der Waals surface area contributed by atoms with E-state index >= 15 is 0 Å². The number of nitrogens with zero attached hydrogens (tertiary/aromatic N) is 1. The summed E-state index contributed by atoms with van der Waals surface area (Å²) in [5, 5.41) is 6.50. The van der Waals surface area contributed by atoms with Crippen molar-refractivity contribution in [1.29, 1.82) is 0 Å². The number of anilines is 3. The van der Waals surface area contributed by atoms with Crippen molar-refractivity contribution in [3.05, 3.63) is 53.1 Å². The normalized spacial score (nSPS) is 18.7. The Bertz CT molecular complexity index is 847. The minimum Gasteiger partial charge on any atom is -0.371 e. The molecule has 0 radical (unpaired) electrons. The van der Waals surface area contributed by atoms with Crippen LogP contribution in [0.15, 0.2) is 36.4 Å². The number of hydrogen-bond acceptors (Lipinski definition) is 3. The van der Waals surface area contributed by atoms with Crippen LogP contribution in [-0.2, 0) is 12.6 Å². The molecule has 2 aromatic rings. The van der Waals surface area contributed by atoms with Gasteiger partial charge in [-0.3, -0.25) is 0 Å². The van der Waals surface area contributed by atoms with Gasteiger partial charge in [0.15, 0.2) is 0 Å². The van der Waals surface area contributed by atoms with E-state index in [4.69, 9.17) is 0 Å². The molecule has 0 saturated carbocycles. The van der Waals surface area contributed by atoms with Crippen molar-refractivity contribution in [1.82, 2.24) is 5.32 Å². The van der Waals surface area contributed by atoms with Crippen molar-refractivity contribution in [3.8, 4) is 0 Å². The number of likely N-dealkylation sites (N-methyl/N-ethyl adjacent to an activating group) is 1. The van der Waals surface area contributed by atoms with Gasteiger partial charge >= 0.3 is 6.18 Å². The average molecular weight is 389 g/mol. The first kappa shape index (κ1) is 19.1. The zero-order valence-electron chi connectivity index (χ0n) is 16.1. The van der Waals surface area contributed by atoms with E-state index in [0.29, 0.717) is 5.92 Å². The van der Waals surface area contributed by atoms with Crippen molar-refractivity contribution >= 4 is 17.1 Å². The van der Waals surface area contributed by atoms with Gasteiger partial charge in [-0.15, -0.1) is 0 Å². The molecule has 2 aliphatic rings. The molecule has 0 aliphatic carbocycles. The second-order valence-electron chi connectivity index (χ2n) is 7.63. The number of hydrogen-bond donors (Lipinski definition) is 2. The van der Waals surface area contributed by atoms with Crippen LogP contribution >= 0.6 is 0 Å². The van der Waals surface area contributed by atoms with E-state index in [1.54, 1.807) is 6.07 Å². The monoisotopic (exact) mass is 389 g/mol. The highest BCUT2D eigenvalue weighted by atomic mass is 19.4. The van der Waals surface area contributed by atoms with Crippen LogP contribution in [0.3, 0.4) is 0 Å². The molecule has 4 rings (SSSR count). The highest BCUT2D eigenvalue weighted by molar-refractivity contribution is 5.73. The van der Waals surface area contributed by atoms with Crippen LogP contribution in [0.1, 0.15) is 42.4 Å². The molecule has 2 aromatic carbocycles. The fourth-order valence-electron chi connectivity index (χ4n) is 4.47. The third kappa shape index (κ3) is 3.70. The standard InChI is InChI=1S/C22H26F3N3/c1-2-26-14-16-9-11-28-10-5-6-15-12-17(13-18(16)21(15)28)27-20-8-4-3-7-19(20)22(23,24)25/h3-4,7-8,12-13,16,26-27H,2,5-6,9-11,14H2,1H3. The third-order valence-electron chi connectivity index (χ3n) is 5.75. The Morgan fingerprint density at radius 3 is 2.75 bits per heavy atom. The number of halogens is 3. The summed E-state index contributed by atoms with van der Waals surface area (Å²) < 4.78 is 40.1. The highest BCUT2D eigenvalue weighted by Crippen LogP contribution is 2.43. The lowest BCUT2D eigenvalue weighted by Crippen LogP contribution is -2.38. The van der Waals surface area contributed by atoms with Crippen LogP contribution in [0.2, 0.25) is 0 Å². The summed E-state index contributed by atoms with van der Waals surface area (Å²) >= 11 is 0. The molecule has 150 valence electrons. The van der Waals surface area contributed by atoms with Gasteiger partial charge in [0, 0.05) is 36.9 Å². The van der Waals surface area contributed by atoms with Gasteiger partial charge in [0.05, 0.1) is 11.3 Å². The van der Waals surface area contributed by atoms with Crippen molar-refractivity contribution in [2.75, 3.05) is 36.4 Å². The van der Waals surface area contributed by atoms with Crippen LogP contribution in [0.5, 0.6) is 0 Å². The number of rotatable bonds is 5. The van der Waals surface area contributed by atoms with Gasteiger partial charge < -0.3 is 15.5 Å². The van der Waals surface area contributed by atoms with Gasteiger partial charge in [-0.05, 0) is 61.2 Å². The summed E-state index contributed by atoms with van der Waals surface area (Å²) in [6.07, 6.45) is -1.24. The van der Waals surface area contributed by atoms with E-state index in [1.165, 1.54) is 28.9 Å². The Hall–Kier alpha value is -2.21. The lowest BCUT2D eigenvalue weighted by atomic mass is 9.84. The van der Waals surface area contributed by atoms with Gasteiger partial charge in [0.2, 0.25) is 0 Å². The van der Waals surface area contributed by atoms with Crippen LogP contribution in [0.25, 0.3) is 0 Å². The van der Waals surface area contributed by atoms with E-state index in [0.717, 1.165) is 57.2 Å². The van der Waals surface area contributed by atoms with E-state index in [1.807, 2.05) is 6.07 Å². The largest absolute Gasteiger partial charge is 0.418 e. The maximum absolute atomic E-state index is 13.4. The zero-order valence-corrected chi connectivity index (χ0v) is 16.1. The fourth-order valence-corrected chi connectivity index (χ4v) is 4.47. The highest BCUT2D eigenvalue weighted by Gasteiger charge is 2.34. The maximum Gasteiger partial charge on any atom is 0.418 e. The predicted molar refractivity (Wildman–Crippen MR) is 108 cm³/mol. The number of para-hydroxylation sites is 1. The van der Waals surface area contributed by atoms with E-state index < -0.39 is 11.7 Å². The summed E-state index contributed by atoms with van der Waals surface area (Å²) in [6, 6.07) is 9.78. The van der Waals surface area contributed by atoms with E-state index in [9.17, 15) is 13.2 Å². The smallest absolute Gasteiger partial charge is 0.371 e. The molecule has 28 heavy (non-hydrogen) atoms. The third-order valence-corrected chi connectivity index (χ3v) is 5.75. The Morgan fingerprint density at radius 1 is 1.14 bits per heavy atom. The molecule has 3 nitrogen and oxygen atoms in total. The summed E-state index contributed by atoms with van der Waals surface area (Å²) in [4.78, 5) is 2.45. The Balaban J connectivity index is 1.72. The number of benzene rings is 2. The quantitative estimate of drug-likeness (QED) is 0.727. The first-order chi connectivity index (χ1) is 13.5. The van der Waals surface area contributed by atoms with Crippen molar-refractivity contribution in [3.63, 3.8) is 0 Å². The van der Waals surface area contributed by atoms with Crippen molar-refractivity contribution in [2.24, 2.45) is 0 Å². The van der Waals surface area contributed by atoms with Crippen LogP contribution in [0.4, 0.5) is 30.2 Å². The second kappa shape index (κ2) is 7.66. The molecule has 2 heterocycles. The minimum absolute atomic E-state index is 0.105. The molecule has 0 spiro atoms. The lowest BCUT2D eigenvalue weighted by molar-refractivity contribution is -0.136. The first-order valence-corrected chi connectivity index (χ1v) is 10.0. The summed E-state index contributed by atoms with van der Waals surface area (Å²) in [6.45, 7) is 6.03. The van der Waals surface area contributed by atoms with Gasteiger partial charge in [0.1, 0.15) is 0 Å². The summed E-state index contributed by atoms with van der Waals surface area (Å²) in [7, 11) is 0. The van der Waals surface area contributed by atoms with Gasteiger partial charge in [-0.25, -0.2) is 0 Å². The fraction of sp³-hybridized carbons (Fsp3) is 0.455. The van der Waals surface area contributed by atoms with Gasteiger partial charge in [0.25, 0.3) is 0 Å². The second-order valence-corrected chi connectivity index (χ2v) is 7.63. The number of alkyl halides is 3. The maximum atomic E-state index is 13.4.